The minimum atomic E-state index is -0.690. The van der Waals surface area contributed by atoms with Gasteiger partial charge in [0.15, 0.2) is 0 Å². The molecule has 2 aliphatic rings. The van der Waals surface area contributed by atoms with Crippen molar-refractivity contribution in [3.05, 3.63) is 27.7 Å². The largest absolute Gasteiger partial charge is 0.366 e. The average Bonchev–Trinajstić information content (AvgIpc) is 3.12. The quantitative estimate of drug-likeness (QED) is 0.514. The Morgan fingerprint density at radius 3 is 2.56 bits per heavy atom. The highest BCUT2D eigenvalue weighted by Gasteiger charge is 2.30. The van der Waals surface area contributed by atoms with Crippen LogP contribution in [0.15, 0.2) is 12.1 Å². The van der Waals surface area contributed by atoms with Gasteiger partial charge in [0.25, 0.3) is 5.91 Å². The van der Waals surface area contributed by atoms with E-state index in [1.165, 1.54) is 12.1 Å². The first-order chi connectivity index (χ1) is 12.0. The molecule has 0 bridgehead atoms. The molecule has 1 aromatic carbocycles. The Balaban J connectivity index is 1.63. The zero-order chi connectivity index (χ0) is 18.0. The maximum Gasteiger partial charge on any atom is 0.250 e. The molecule has 2 aliphatic heterocycles. The fourth-order valence-corrected chi connectivity index (χ4v) is 3.33. The molecule has 1 aromatic rings. The molecule has 6 N–H and O–H groups in total. The van der Waals surface area contributed by atoms with Crippen LogP contribution >= 0.6 is 23.2 Å². The van der Waals surface area contributed by atoms with E-state index in [1.807, 2.05) is 0 Å². The van der Waals surface area contributed by atoms with Gasteiger partial charge in [-0.05, 0) is 25.0 Å². The third-order valence-corrected chi connectivity index (χ3v) is 5.11. The van der Waals surface area contributed by atoms with Gasteiger partial charge in [-0.2, -0.15) is 0 Å². The number of nitrogens with zero attached hydrogens (tertiary/aromatic N) is 1. The van der Waals surface area contributed by atoms with Crippen LogP contribution in [0.2, 0.25) is 10.0 Å². The second-order valence-corrected chi connectivity index (χ2v) is 6.88. The summed E-state index contributed by atoms with van der Waals surface area (Å²) in [5.74, 6) is -0.962. The standard InChI is InChI=1S/C15H20Cl2N6O2/c16-9-5-8(14(18)24)12(6-10(9)17)20-15(25)11-1-2-13(22-21-11)23-4-3-19-7-23/h5-6,11,13,19,21-22H,1-4,7H2,(H2,18,24)(H,20,25). The monoisotopic (exact) mass is 386 g/mol. The van der Waals surface area contributed by atoms with Crippen molar-refractivity contribution < 1.29 is 9.59 Å². The van der Waals surface area contributed by atoms with Gasteiger partial charge < -0.3 is 16.4 Å². The molecule has 2 fully saturated rings. The summed E-state index contributed by atoms with van der Waals surface area (Å²) in [4.78, 5) is 26.3. The van der Waals surface area contributed by atoms with Crippen molar-refractivity contribution in [2.24, 2.45) is 5.73 Å². The van der Waals surface area contributed by atoms with E-state index in [1.54, 1.807) is 0 Å². The number of amides is 2. The van der Waals surface area contributed by atoms with Gasteiger partial charge in [0, 0.05) is 19.8 Å². The summed E-state index contributed by atoms with van der Waals surface area (Å²) < 4.78 is 0. The molecule has 2 saturated heterocycles. The highest BCUT2D eigenvalue weighted by atomic mass is 35.5. The van der Waals surface area contributed by atoms with Gasteiger partial charge in [-0.3, -0.25) is 14.5 Å². The third-order valence-electron chi connectivity index (χ3n) is 4.38. The summed E-state index contributed by atoms with van der Waals surface area (Å²) in [6.07, 6.45) is 1.68. The molecule has 0 radical (unpaired) electrons. The number of primary amides is 1. The summed E-state index contributed by atoms with van der Waals surface area (Å²) in [5, 5.41) is 6.41. The lowest BCUT2D eigenvalue weighted by molar-refractivity contribution is -0.119. The van der Waals surface area contributed by atoms with Crippen LogP contribution in [0.25, 0.3) is 0 Å². The second-order valence-electron chi connectivity index (χ2n) is 6.07. The number of hydrogen-bond donors (Lipinski definition) is 5. The number of nitrogens with two attached hydrogens (primary N) is 1. The Hall–Kier alpha value is -1.42. The van der Waals surface area contributed by atoms with Gasteiger partial charge in [-0.25, -0.2) is 10.9 Å². The molecule has 2 atom stereocenters. The van der Waals surface area contributed by atoms with E-state index in [9.17, 15) is 9.59 Å². The third kappa shape index (κ3) is 4.22. The molecule has 25 heavy (non-hydrogen) atoms. The Labute approximate surface area is 155 Å². The lowest BCUT2D eigenvalue weighted by Crippen LogP contribution is -2.60. The van der Waals surface area contributed by atoms with Crippen molar-refractivity contribution in [3.63, 3.8) is 0 Å². The van der Waals surface area contributed by atoms with Crippen LogP contribution in [-0.2, 0) is 4.79 Å². The molecule has 136 valence electrons. The first-order valence-corrected chi connectivity index (χ1v) is 8.77. The van der Waals surface area contributed by atoms with Crippen molar-refractivity contribution in [3.8, 4) is 0 Å². The van der Waals surface area contributed by atoms with E-state index >= 15 is 0 Å². The molecular formula is C15H20Cl2N6O2. The number of hydrogen-bond acceptors (Lipinski definition) is 6. The van der Waals surface area contributed by atoms with E-state index < -0.39 is 11.9 Å². The SMILES string of the molecule is NC(=O)c1cc(Cl)c(Cl)cc1NC(=O)C1CCC(N2CCNC2)NN1. The van der Waals surface area contributed by atoms with Gasteiger partial charge in [0.2, 0.25) is 5.91 Å². The summed E-state index contributed by atoms with van der Waals surface area (Å²) in [6, 6.07) is 2.35. The van der Waals surface area contributed by atoms with Gasteiger partial charge in [0.05, 0.1) is 27.5 Å². The molecule has 10 heteroatoms. The molecule has 2 unspecified atom stereocenters. The summed E-state index contributed by atoms with van der Waals surface area (Å²) in [7, 11) is 0. The first-order valence-electron chi connectivity index (χ1n) is 8.01. The normalized spacial score (nSPS) is 24.2. The van der Waals surface area contributed by atoms with E-state index in [0.29, 0.717) is 6.42 Å². The lowest BCUT2D eigenvalue weighted by atomic mass is 10.1. The van der Waals surface area contributed by atoms with Crippen LogP contribution in [0.4, 0.5) is 5.69 Å². The highest BCUT2D eigenvalue weighted by Crippen LogP contribution is 2.29. The predicted octanol–water partition coefficient (Wildman–Crippen LogP) is 0.476. The number of carbonyl (C=O) groups is 2. The predicted molar refractivity (Wildman–Crippen MR) is 96.3 cm³/mol. The zero-order valence-corrected chi connectivity index (χ0v) is 15.0. The van der Waals surface area contributed by atoms with Gasteiger partial charge in [0.1, 0.15) is 6.04 Å². The molecule has 0 aromatic heterocycles. The van der Waals surface area contributed by atoms with Crippen molar-refractivity contribution >= 4 is 40.7 Å². The lowest BCUT2D eigenvalue weighted by Gasteiger charge is -2.35. The fraction of sp³-hybridized carbons (Fsp3) is 0.467. The molecule has 8 nitrogen and oxygen atoms in total. The first kappa shape index (κ1) is 18.4. The molecule has 3 rings (SSSR count). The Bertz CT molecular complexity index is 672. The van der Waals surface area contributed by atoms with Gasteiger partial charge >= 0.3 is 0 Å². The van der Waals surface area contributed by atoms with Crippen LogP contribution in [0, 0.1) is 0 Å². The summed E-state index contributed by atoms with van der Waals surface area (Å²) >= 11 is 11.9. The minimum Gasteiger partial charge on any atom is -0.366 e. The fourth-order valence-electron chi connectivity index (χ4n) is 3.00. The Morgan fingerprint density at radius 2 is 1.96 bits per heavy atom. The van der Waals surface area contributed by atoms with Crippen molar-refractivity contribution in [2.45, 2.75) is 25.0 Å². The van der Waals surface area contributed by atoms with Gasteiger partial charge in [-0.1, -0.05) is 23.2 Å². The molecule has 2 heterocycles. The maximum absolute atomic E-state index is 12.5. The van der Waals surface area contributed by atoms with Crippen LogP contribution in [-0.4, -0.2) is 48.7 Å². The number of hydrazine groups is 1. The van der Waals surface area contributed by atoms with E-state index in [4.69, 9.17) is 28.9 Å². The molecule has 0 saturated carbocycles. The summed E-state index contributed by atoms with van der Waals surface area (Å²) in [6.45, 7) is 2.78. The number of benzene rings is 1. The highest BCUT2D eigenvalue weighted by molar-refractivity contribution is 6.42. The number of halogens is 2. The molecular weight excluding hydrogens is 367 g/mol. The van der Waals surface area contributed by atoms with Crippen molar-refractivity contribution in [2.75, 3.05) is 25.1 Å². The van der Waals surface area contributed by atoms with Crippen LogP contribution < -0.4 is 27.2 Å². The smallest absolute Gasteiger partial charge is 0.250 e. The number of anilines is 1. The maximum atomic E-state index is 12.5. The number of carbonyl (C=O) groups excluding carboxylic acids is 2. The second kappa shape index (κ2) is 7.86. The van der Waals surface area contributed by atoms with E-state index in [2.05, 4.69) is 26.4 Å². The van der Waals surface area contributed by atoms with Gasteiger partial charge in [-0.15, -0.1) is 0 Å². The van der Waals surface area contributed by atoms with Crippen molar-refractivity contribution in [1.82, 2.24) is 21.1 Å². The minimum absolute atomic E-state index is 0.118. The van der Waals surface area contributed by atoms with Crippen LogP contribution in [0.5, 0.6) is 0 Å². The topological polar surface area (TPSA) is 112 Å². The Morgan fingerprint density at radius 1 is 1.20 bits per heavy atom. The molecule has 2 amide bonds. The van der Waals surface area contributed by atoms with Crippen molar-refractivity contribution in [1.29, 1.82) is 0 Å². The summed E-state index contributed by atoms with van der Waals surface area (Å²) in [5.41, 5.74) is 11.9. The molecule has 0 spiro atoms. The van der Waals surface area contributed by atoms with E-state index in [0.717, 1.165) is 26.2 Å². The zero-order valence-electron chi connectivity index (χ0n) is 13.4. The Kier molecular flexibility index (Phi) is 5.78. The number of rotatable bonds is 4. The van der Waals surface area contributed by atoms with Crippen LogP contribution in [0.3, 0.4) is 0 Å². The van der Waals surface area contributed by atoms with Crippen LogP contribution in [0.1, 0.15) is 23.2 Å². The molecule has 0 aliphatic carbocycles. The average molecular weight is 387 g/mol. The van der Waals surface area contributed by atoms with E-state index in [-0.39, 0.29) is 33.4 Å². The number of nitrogens with one attached hydrogen (secondary N) is 4.